The molecule has 1 aromatic heterocycles. The lowest BCUT2D eigenvalue weighted by Gasteiger charge is -2.25. The number of aromatic amines is 1. The summed E-state index contributed by atoms with van der Waals surface area (Å²) in [6, 6.07) is 8.22. The fraction of sp³-hybridized carbons (Fsp3) is 0.333. The second-order valence-electron chi connectivity index (χ2n) is 9.40. The first kappa shape index (κ1) is 30.5. The third kappa shape index (κ3) is 7.97. The van der Waals surface area contributed by atoms with Crippen LogP contribution in [-0.4, -0.2) is 80.0 Å². The molecule has 13 heteroatoms. The Hall–Kier alpha value is -4.07. The van der Waals surface area contributed by atoms with Crippen molar-refractivity contribution < 1.29 is 34.5 Å². The van der Waals surface area contributed by atoms with E-state index < -0.39 is 54.0 Å². The summed E-state index contributed by atoms with van der Waals surface area (Å²) in [7, 11) is 0. The number of aliphatic hydroxyl groups excluding tert-OH is 1. The van der Waals surface area contributed by atoms with Gasteiger partial charge in [-0.15, -0.1) is 0 Å². The Kier molecular flexibility index (Phi) is 10.5. The predicted molar refractivity (Wildman–Crippen MR) is 151 cm³/mol. The van der Waals surface area contributed by atoms with Crippen molar-refractivity contribution >= 4 is 47.2 Å². The third-order valence-corrected chi connectivity index (χ3v) is 6.73. The summed E-state index contributed by atoms with van der Waals surface area (Å²) < 4.78 is 0. The van der Waals surface area contributed by atoms with Crippen molar-refractivity contribution in [3.05, 3.63) is 65.9 Å². The van der Waals surface area contributed by atoms with Crippen molar-refractivity contribution in [2.24, 2.45) is 5.73 Å². The standard InChI is InChI=1S/C27H33N5O7S/c1-14(33)23(28)26(37)30-20(11-16-12-29-19-5-3-2-4-18(16)19)24(35)32-22(13-40)25(36)31-21(27(38)39)10-15-6-8-17(34)9-7-15/h2-9,12,14,20-23,29,33-34,40H,10-11,13,28H2,1H3,(H,30,37)(H,31,36)(H,32,35)(H,38,39). The van der Waals surface area contributed by atoms with Gasteiger partial charge in [0.2, 0.25) is 17.7 Å². The van der Waals surface area contributed by atoms with Crippen LogP contribution < -0.4 is 21.7 Å². The number of nitrogens with one attached hydrogen (secondary N) is 4. The molecule has 0 aliphatic heterocycles. The Morgan fingerprint density at radius 1 is 0.900 bits per heavy atom. The van der Waals surface area contributed by atoms with Crippen LogP contribution in [-0.2, 0) is 32.0 Å². The number of carbonyl (C=O) groups excluding carboxylic acids is 3. The summed E-state index contributed by atoms with van der Waals surface area (Å²) >= 11 is 4.15. The minimum atomic E-state index is -1.32. The smallest absolute Gasteiger partial charge is 0.326 e. The number of carboxylic acid groups (broad SMARTS) is 1. The minimum Gasteiger partial charge on any atom is -0.508 e. The van der Waals surface area contributed by atoms with Crippen molar-refractivity contribution in [1.82, 2.24) is 20.9 Å². The van der Waals surface area contributed by atoms with Crippen molar-refractivity contribution in [2.45, 2.75) is 50.0 Å². The highest BCUT2D eigenvalue weighted by Crippen LogP contribution is 2.19. The van der Waals surface area contributed by atoms with Gasteiger partial charge in [0.25, 0.3) is 0 Å². The largest absolute Gasteiger partial charge is 0.508 e. The number of carboxylic acids is 1. The first-order valence-electron chi connectivity index (χ1n) is 12.5. The fourth-order valence-electron chi connectivity index (χ4n) is 4.02. The number of carbonyl (C=O) groups is 4. The maximum atomic E-state index is 13.4. The molecule has 0 aliphatic carbocycles. The third-order valence-electron chi connectivity index (χ3n) is 6.36. The number of aliphatic hydroxyl groups is 1. The number of aliphatic carboxylic acids is 1. The lowest BCUT2D eigenvalue weighted by atomic mass is 10.0. The molecule has 3 amide bonds. The van der Waals surface area contributed by atoms with E-state index in [1.54, 1.807) is 6.20 Å². The maximum Gasteiger partial charge on any atom is 0.326 e. The van der Waals surface area contributed by atoms with Crippen LogP contribution in [0.2, 0.25) is 0 Å². The molecule has 214 valence electrons. The number of phenols is 1. The number of fused-ring (bicyclic) bond motifs is 1. The molecule has 0 spiro atoms. The summed E-state index contributed by atoms with van der Waals surface area (Å²) in [4.78, 5) is 53.9. The van der Waals surface area contributed by atoms with Crippen LogP contribution in [0.1, 0.15) is 18.1 Å². The van der Waals surface area contributed by atoms with Gasteiger partial charge in [0, 0.05) is 35.7 Å². The molecule has 0 saturated heterocycles. The van der Waals surface area contributed by atoms with E-state index in [1.807, 2.05) is 24.3 Å². The second-order valence-corrected chi connectivity index (χ2v) is 9.77. The molecule has 0 saturated carbocycles. The maximum absolute atomic E-state index is 13.4. The van der Waals surface area contributed by atoms with E-state index in [0.717, 1.165) is 10.9 Å². The molecule has 3 rings (SSSR count). The van der Waals surface area contributed by atoms with E-state index in [2.05, 4.69) is 33.6 Å². The molecule has 5 unspecified atom stereocenters. The summed E-state index contributed by atoms with van der Waals surface area (Å²) in [5, 5.41) is 37.1. The van der Waals surface area contributed by atoms with Gasteiger partial charge in [-0.2, -0.15) is 12.6 Å². The zero-order valence-corrected chi connectivity index (χ0v) is 22.6. The van der Waals surface area contributed by atoms with Gasteiger partial charge in [-0.05, 0) is 36.2 Å². The molecule has 9 N–H and O–H groups in total. The SMILES string of the molecule is CC(O)C(N)C(=O)NC(Cc1c[nH]c2ccccc12)C(=O)NC(CS)C(=O)NC(Cc1ccc(O)cc1)C(=O)O. The Morgan fingerprint density at radius 3 is 2.12 bits per heavy atom. The number of hydrogen-bond acceptors (Lipinski definition) is 8. The number of thiol groups is 1. The molecule has 2 aromatic carbocycles. The van der Waals surface area contributed by atoms with Gasteiger partial charge < -0.3 is 42.0 Å². The Bertz CT molecular complexity index is 1340. The predicted octanol–water partition coefficient (Wildman–Crippen LogP) is -0.164. The van der Waals surface area contributed by atoms with Crippen LogP contribution in [0.4, 0.5) is 0 Å². The quantitative estimate of drug-likeness (QED) is 0.126. The van der Waals surface area contributed by atoms with E-state index in [0.29, 0.717) is 11.1 Å². The van der Waals surface area contributed by atoms with Gasteiger partial charge in [0.15, 0.2) is 0 Å². The number of phenolic OH excluding ortho intramolecular Hbond substituents is 1. The van der Waals surface area contributed by atoms with Crippen molar-refractivity contribution in [2.75, 3.05) is 5.75 Å². The molecular formula is C27H33N5O7S. The summed E-state index contributed by atoms with van der Waals surface area (Å²) in [5.41, 5.74) is 7.86. The number of amides is 3. The van der Waals surface area contributed by atoms with Crippen LogP contribution in [0.5, 0.6) is 5.75 Å². The molecule has 0 bridgehead atoms. The van der Waals surface area contributed by atoms with E-state index in [9.17, 15) is 34.5 Å². The van der Waals surface area contributed by atoms with Gasteiger partial charge in [-0.25, -0.2) is 4.79 Å². The van der Waals surface area contributed by atoms with E-state index >= 15 is 0 Å². The normalized spacial score (nSPS) is 14.9. The molecule has 1 heterocycles. The molecule has 0 radical (unpaired) electrons. The van der Waals surface area contributed by atoms with Crippen LogP contribution in [0.25, 0.3) is 10.9 Å². The number of para-hydroxylation sites is 1. The zero-order chi connectivity index (χ0) is 29.4. The molecule has 0 fully saturated rings. The van der Waals surface area contributed by atoms with Crippen LogP contribution in [0.3, 0.4) is 0 Å². The number of aromatic nitrogens is 1. The van der Waals surface area contributed by atoms with E-state index in [-0.39, 0.29) is 24.3 Å². The average molecular weight is 572 g/mol. The molecule has 12 nitrogen and oxygen atoms in total. The average Bonchev–Trinajstić information content (AvgIpc) is 3.33. The minimum absolute atomic E-state index is 0.0150. The van der Waals surface area contributed by atoms with Crippen LogP contribution in [0, 0.1) is 0 Å². The van der Waals surface area contributed by atoms with E-state index in [4.69, 9.17) is 5.73 Å². The first-order valence-corrected chi connectivity index (χ1v) is 13.1. The molecule has 40 heavy (non-hydrogen) atoms. The molecular weight excluding hydrogens is 538 g/mol. The van der Waals surface area contributed by atoms with Gasteiger partial charge in [0.05, 0.1) is 6.10 Å². The summed E-state index contributed by atoms with van der Waals surface area (Å²) in [6.07, 6.45) is 0.503. The van der Waals surface area contributed by atoms with Crippen LogP contribution >= 0.6 is 12.6 Å². The zero-order valence-electron chi connectivity index (χ0n) is 21.7. The summed E-state index contributed by atoms with van der Waals surface area (Å²) in [6.45, 7) is 1.34. The lowest BCUT2D eigenvalue weighted by Crippen LogP contribution is -2.59. The Labute approximate surface area is 235 Å². The monoisotopic (exact) mass is 571 g/mol. The van der Waals surface area contributed by atoms with Gasteiger partial charge >= 0.3 is 5.97 Å². The highest BCUT2D eigenvalue weighted by Gasteiger charge is 2.31. The Balaban J connectivity index is 1.76. The van der Waals surface area contributed by atoms with Gasteiger partial charge in [-0.1, -0.05) is 30.3 Å². The second kappa shape index (κ2) is 13.8. The lowest BCUT2D eigenvalue weighted by molar-refractivity contribution is -0.142. The molecule has 3 aromatic rings. The van der Waals surface area contributed by atoms with E-state index in [1.165, 1.54) is 31.2 Å². The number of aromatic hydroxyl groups is 1. The summed E-state index contributed by atoms with van der Waals surface area (Å²) in [5.74, 6) is -3.71. The highest BCUT2D eigenvalue weighted by atomic mass is 32.1. The first-order chi connectivity index (χ1) is 19.0. The number of H-pyrrole nitrogens is 1. The topological polar surface area (TPSA) is 207 Å². The van der Waals surface area contributed by atoms with Crippen molar-refractivity contribution in [3.63, 3.8) is 0 Å². The van der Waals surface area contributed by atoms with Gasteiger partial charge in [-0.3, -0.25) is 14.4 Å². The van der Waals surface area contributed by atoms with Crippen LogP contribution in [0.15, 0.2) is 54.7 Å². The number of rotatable bonds is 13. The molecule has 0 aliphatic rings. The van der Waals surface area contributed by atoms with Gasteiger partial charge in [0.1, 0.15) is 29.9 Å². The van der Waals surface area contributed by atoms with Crippen molar-refractivity contribution in [1.29, 1.82) is 0 Å². The highest BCUT2D eigenvalue weighted by molar-refractivity contribution is 7.80. The Morgan fingerprint density at radius 2 is 1.50 bits per heavy atom. The molecule has 5 atom stereocenters. The number of benzene rings is 2. The fourth-order valence-corrected chi connectivity index (χ4v) is 4.28. The number of nitrogens with two attached hydrogens (primary N) is 1. The van der Waals surface area contributed by atoms with Crippen molar-refractivity contribution in [3.8, 4) is 5.75 Å². The number of hydrogen-bond donors (Lipinski definition) is 9.